The Morgan fingerprint density at radius 1 is 0.889 bits per heavy atom. The molecule has 0 spiro atoms. The number of nitrogens with one attached hydrogen (secondary N) is 2. The zero-order chi connectivity index (χ0) is 20.7. The van der Waals surface area contributed by atoms with Gasteiger partial charge >= 0.3 is 0 Å². The van der Waals surface area contributed by atoms with E-state index in [4.69, 9.17) is 0 Å². The van der Waals surface area contributed by atoms with Gasteiger partial charge in [0.25, 0.3) is 0 Å². The highest BCUT2D eigenvalue weighted by Crippen LogP contribution is 2.23. The van der Waals surface area contributed by atoms with E-state index in [0.29, 0.717) is 24.0 Å². The molecule has 0 saturated heterocycles. The van der Waals surface area contributed by atoms with E-state index in [9.17, 15) is 21.2 Å². The van der Waals surface area contributed by atoms with Crippen LogP contribution >= 0.6 is 0 Å². The monoisotopic (exact) mass is 422 g/mol. The SMILES string of the molecule is CCCS(=O)(=O)NCC(C)c1ccc(C(C)CNS(=O)(=O)CCC)c(F)c1. The lowest BCUT2D eigenvalue weighted by Gasteiger charge is -2.17. The summed E-state index contributed by atoms with van der Waals surface area (Å²) in [6.45, 7) is 7.49. The summed E-state index contributed by atoms with van der Waals surface area (Å²) in [5.74, 6) is -0.800. The van der Waals surface area contributed by atoms with Gasteiger partial charge in [-0.2, -0.15) is 0 Å². The van der Waals surface area contributed by atoms with Gasteiger partial charge in [-0.15, -0.1) is 0 Å². The van der Waals surface area contributed by atoms with Crippen molar-refractivity contribution in [3.05, 3.63) is 35.1 Å². The van der Waals surface area contributed by atoms with Gasteiger partial charge in [0.2, 0.25) is 20.0 Å². The quantitative estimate of drug-likeness (QED) is 0.542. The molecule has 2 atom stereocenters. The fourth-order valence-corrected chi connectivity index (χ4v) is 5.03. The molecule has 156 valence electrons. The maximum absolute atomic E-state index is 14.5. The van der Waals surface area contributed by atoms with Crippen LogP contribution in [-0.4, -0.2) is 41.4 Å². The van der Waals surface area contributed by atoms with Crippen LogP contribution in [0, 0.1) is 5.82 Å². The van der Waals surface area contributed by atoms with Gasteiger partial charge in [0, 0.05) is 13.1 Å². The van der Waals surface area contributed by atoms with Crippen LogP contribution in [0.4, 0.5) is 4.39 Å². The van der Waals surface area contributed by atoms with Gasteiger partial charge in [0.15, 0.2) is 0 Å². The molecule has 0 aliphatic carbocycles. The highest BCUT2D eigenvalue weighted by Gasteiger charge is 2.17. The molecule has 6 nitrogen and oxygen atoms in total. The maximum Gasteiger partial charge on any atom is 0.211 e. The Hall–Kier alpha value is -1.03. The zero-order valence-electron chi connectivity index (χ0n) is 16.5. The van der Waals surface area contributed by atoms with E-state index in [1.165, 1.54) is 6.07 Å². The number of hydrogen-bond donors (Lipinski definition) is 2. The minimum absolute atomic E-state index is 0.0482. The van der Waals surface area contributed by atoms with Gasteiger partial charge in [0.1, 0.15) is 5.82 Å². The van der Waals surface area contributed by atoms with E-state index in [0.717, 1.165) is 0 Å². The number of rotatable bonds is 12. The minimum Gasteiger partial charge on any atom is -0.215 e. The van der Waals surface area contributed by atoms with Gasteiger partial charge < -0.3 is 0 Å². The van der Waals surface area contributed by atoms with Crippen LogP contribution in [0.5, 0.6) is 0 Å². The first-order valence-corrected chi connectivity index (χ1v) is 12.6. The summed E-state index contributed by atoms with van der Waals surface area (Å²) in [6, 6.07) is 4.79. The third-order valence-electron chi connectivity index (χ3n) is 4.29. The Bertz CT molecular complexity index is 811. The normalized spacial score (nSPS) is 14.9. The first kappa shape index (κ1) is 24.0. The van der Waals surface area contributed by atoms with Crippen molar-refractivity contribution < 1.29 is 21.2 Å². The molecule has 0 aliphatic rings. The van der Waals surface area contributed by atoms with Crippen molar-refractivity contribution in [3.8, 4) is 0 Å². The molecule has 1 aromatic rings. The summed E-state index contributed by atoms with van der Waals surface area (Å²) < 4.78 is 66.5. The highest BCUT2D eigenvalue weighted by molar-refractivity contribution is 7.89. The maximum atomic E-state index is 14.5. The number of sulfonamides is 2. The van der Waals surface area contributed by atoms with Gasteiger partial charge in [-0.25, -0.2) is 30.7 Å². The highest BCUT2D eigenvalue weighted by atomic mass is 32.2. The first-order chi connectivity index (χ1) is 12.5. The van der Waals surface area contributed by atoms with Crippen LogP contribution in [0.1, 0.15) is 63.5 Å². The molecule has 1 aromatic carbocycles. The van der Waals surface area contributed by atoms with E-state index in [1.54, 1.807) is 32.9 Å². The van der Waals surface area contributed by atoms with Crippen molar-refractivity contribution in [2.75, 3.05) is 24.6 Å². The molecule has 0 aliphatic heterocycles. The third kappa shape index (κ3) is 8.25. The Morgan fingerprint density at radius 3 is 1.81 bits per heavy atom. The van der Waals surface area contributed by atoms with Crippen molar-refractivity contribution in [1.82, 2.24) is 9.44 Å². The van der Waals surface area contributed by atoms with Crippen molar-refractivity contribution in [2.24, 2.45) is 0 Å². The summed E-state index contributed by atoms with van der Waals surface area (Å²) in [6.07, 6.45) is 1.06. The first-order valence-electron chi connectivity index (χ1n) is 9.25. The lowest BCUT2D eigenvalue weighted by molar-refractivity contribution is 0.557. The van der Waals surface area contributed by atoms with Crippen LogP contribution in [0.25, 0.3) is 0 Å². The van der Waals surface area contributed by atoms with E-state index in [1.807, 2.05) is 6.92 Å². The summed E-state index contributed by atoms with van der Waals surface area (Å²) >= 11 is 0. The second-order valence-corrected chi connectivity index (χ2v) is 10.8. The van der Waals surface area contributed by atoms with E-state index >= 15 is 0 Å². The van der Waals surface area contributed by atoms with Gasteiger partial charge in [-0.05, 0) is 41.9 Å². The molecule has 0 bridgehead atoms. The lowest BCUT2D eigenvalue weighted by Crippen LogP contribution is -2.30. The van der Waals surface area contributed by atoms with Crippen molar-refractivity contribution >= 4 is 20.0 Å². The predicted molar refractivity (Wildman–Crippen MR) is 107 cm³/mol. The molecule has 27 heavy (non-hydrogen) atoms. The molecule has 9 heteroatoms. The van der Waals surface area contributed by atoms with Gasteiger partial charge in [0.05, 0.1) is 11.5 Å². The summed E-state index contributed by atoms with van der Waals surface area (Å²) in [7, 11) is -6.63. The summed E-state index contributed by atoms with van der Waals surface area (Å²) in [5.41, 5.74) is 1.12. The summed E-state index contributed by atoms with van der Waals surface area (Å²) in [4.78, 5) is 0. The smallest absolute Gasteiger partial charge is 0.211 e. The number of benzene rings is 1. The lowest BCUT2D eigenvalue weighted by atomic mass is 9.95. The largest absolute Gasteiger partial charge is 0.215 e. The van der Waals surface area contributed by atoms with Gasteiger partial charge in [-0.3, -0.25) is 0 Å². The molecule has 0 fully saturated rings. The molecule has 1 rings (SSSR count). The van der Waals surface area contributed by atoms with Crippen molar-refractivity contribution in [2.45, 2.75) is 52.4 Å². The Morgan fingerprint density at radius 2 is 1.37 bits per heavy atom. The van der Waals surface area contributed by atoms with E-state index in [2.05, 4.69) is 9.44 Å². The van der Waals surface area contributed by atoms with Crippen LogP contribution in [0.2, 0.25) is 0 Å². The van der Waals surface area contributed by atoms with Crippen LogP contribution in [0.3, 0.4) is 0 Å². The molecule has 0 heterocycles. The fraction of sp³-hybridized carbons (Fsp3) is 0.667. The topological polar surface area (TPSA) is 92.3 Å². The number of hydrogen-bond acceptors (Lipinski definition) is 4. The standard InChI is InChI=1S/C18H31FN2O4S2/c1-5-9-26(22,23)20-12-14(3)16-7-8-17(18(19)11-16)15(4)13-21-27(24,25)10-6-2/h7-8,11,14-15,20-21H,5-6,9-10,12-13H2,1-4H3. The minimum atomic E-state index is -3.33. The molecule has 2 unspecified atom stereocenters. The van der Waals surface area contributed by atoms with E-state index < -0.39 is 25.9 Å². The Kier molecular flexibility index (Phi) is 9.33. The third-order valence-corrected chi connectivity index (χ3v) is 7.39. The molecule has 0 aromatic heterocycles. The number of halogens is 1. The molecule has 0 amide bonds. The average molecular weight is 423 g/mol. The van der Waals surface area contributed by atoms with Crippen LogP contribution in [0.15, 0.2) is 18.2 Å². The average Bonchev–Trinajstić information content (AvgIpc) is 2.57. The molecular weight excluding hydrogens is 391 g/mol. The molecule has 2 N–H and O–H groups in total. The second kappa shape index (κ2) is 10.5. The van der Waals surface area contributed by atoms with E-state index in [-0.39, 0.29) is 36.4 Å². The molecule has 0 radical (unpaired) electrons. The molecule has 0 saturated carbocycles. The van der Waals surface area contributed by atoms with Crippen molar-refractivity contribution in [1.29, 1.82) is 0 Å². The second-order valence-electron chi connectivity index (χ2n) is 6.92. The van der Waals surface area contributed by atoms with Crippen LogP contribution < -0.4 is 9.44 Å². The van der Waals surface area contributed by atoms with Crippen molar-refractivity contribution in [3.63, 3.8) is 0 Å². The van der Waals surface area contributed by atoms with Gasteiger partial charge in [-0.1, -0.05) is 39.8 Å². The Balaban J connectivity index is 2.75. The molecular formula is C18H31FN2O4S2. The van der Waals surface area contributed by atoms with Crippen LogP contribution in [-0.2, 0) is 20.0 Å². The summed E-state index contributed by atoms with van der Waals surface area (Å²) in [5, 5.41) is 0. The fourth-order valence-electron chi connectivity index (χ4n) is 2.66. The zero-order valence-corrected chi connectivity index (χ0v) is 18.1. The Labute approximate surface area is 163 Å². The predicted octanol–water partition coefficient (Wildman–Crippen LogP) is 2.69.